The summed E-state index contributed by atoms with van der Waals surface area (Å²) in [5, 5.41) is 7.04. The van der Waals surface area contributed by atoms with Crippen molar-refractivity contribution in [3.05, 3.63) is 64.5 Å². The van der Waals surface area contributed by atoms with Crippen molar-refractivity contribution in [2.45, 2.75) is 25.8 Å². The normalized spacial score (nSPS) is 12.6. The van der Waals surface area contributed by atoms with E-state index < -0.39 is 0 Å². The number of nitrogens with zero attached hydrogens (tertiary/aromatic N) is 1. The smallest absolute Gasteiger partial charge is 0.0749 e. The zero-order chi connectivity index (χ0) is 14.5. The summed E-state index contributed by atoms with van der Waals surface area (Å²) in [6, 6.07) is 15.3. The molecule has 3 aromatic rings. The largest absolute Gasteiger partial charge is 0.310 e. The lowest BCUT2D eigenvalue weighted by Gasteiger charge is -2.19. The first kappa shape index (κ1) is 14.2. The Morgan fingerprint density at radius 2 is 2.05 bits per heavy atom. The van der Waals surface area contributed by atoms with Gasteiger partial charge < -0.3 is 5.32 Å². The maximum absolute atomic E-state index is 4.60. The second-order valence-corrected chi connectivity index (χ2v) is 6.24. The highest BCUT2D eigenvalue weighted by atomic mass is 32.1. The van der Waals surface area contributed by atoms with Crippen molar-refractivity contribution in [3.8, 4) is 0 Å². The zero-order valence-corrected chi connectivity index (χ0v) is 13.1. The Bertz CT molecular complexity index is 686. The Morgan fingerprint density at radius 3 is 2.86 bits per heavy atom. The average molecular weight is 296 g/mol. The summed E-state index contributed by atoms with van der Waals surface area (Å²) in [6.07, 6.45) is 4.04. The Labute approximate surface area is 129 Å². The number of hydrogen-bond donors (Lipinski definition) is 1. The number of thiophene rings is 1. The molecule has 1 unspecified atom stereocenters. The van der Waals surface area contributed by atoms with E-state index in [1.807, 2.05) is 23.6 Å². The van der Waals surface area contributed by atoms with Gasteiger partial charge in [0.05, 0.1) is 5.52 Å². The lowest BCUT2D eigenvalue weighted by Crippen LogP contribution is -2.24. The highest BCUT2D eigenvalue weighted by molar-refractivity contribution is 7.09. The van der Waals surface area contributed by atoms with Crippen LogP contribution in [0.15, 0.2) is 54.0 Å². The van der Waals surface area contributed by atoms with Gasteiger partial charge in [-0.25, -0.2) is 0 Å². The van der Waals surface area contributed by atoms with Crippen LogP contribution in [0.25, 0.3) is 10.9 Å². The van der Waals surface area contributed by atoms with Crippen molar-refractivity contribution in [2.75, 3.05) is 6.54 Å². The van der Waals surface area contributed by atoms with Crippen LogP contribution >= 0.6 is 11.3 Å². The molecule has 2 nitrogen and oxygen atoms in total. The van der Waals surface area contributed by atoms with E-state index in [0.717, 1.165) is 24.9 Å². The summed E-state index contributed by atoms with van der Waals surface area (Å²) in [4.78, 5) is 6.02. The standard InChI is InChI=1S/C18H20N2S/c1-2-10-19-17(13-15-8-5-12-21-15)16-9-3-6-14-7-4-11-20-18(14)16/h3-9,11-12,17,19H,2,10,13H2,1H3. The topological polar surface area (TPSA) is 24.9 Å². The molecule has 0 saturated heterocycles. The van der Waals surface area contributed by atoms with Crippen LogP contribution < -0.4 is 5.32 Å². The molecule has 0 spiro atoms. The van der Waals surface area contributed by atoms with Gasteiger partial charge in [-0.3, -0.25) is 4.98 Å². The van der Waals surface area contributed by atoms with E-state index in [4.69, 9.17) is 0 Å². The molecule has 0 aliphatic carbocycles. The van der Waals surface area contributed by atoms with Crippen molar-refractivity contribution in [1.29, 1.82) is 0 Å². The minimum absolute atomic E-state index is 0.321. The van der Waals surface area contributed by atoms with Crippen LogP contribution in [0, 0.1) is 0 Å². The molecule has 0 fully saturated rings. The van der Waals surface area contributed by atoms with E-state index in [1.165, 1.54) is 15.8 Å². The van der Waals surface area contributed by atoms with Gasteiger partial charge in [0.2, 0.25) is 0 Å². The molecule has 2 heterocycles. The van der Waals surface area contributed by atoms with Crippen LogP contribution in [0.3, 0.4) is 0 Å². The maximum atomic E-state index is 4.60. The fourth-order valence-electron chi connectivity index (χ4n) is 2.65. The SMILES string of the molecule is CCCNC(Cc1cccs1)c1cccc2cccnc12. The van der Waals surface area contributed by atoms with Crippen molar-refractivity contribution >= 4 is 22.2 Å². The number of hydrogen-bond acceptors (Lipinski definition) is 3. The fraction of sp³-hybridized carbons (Fsp3) is 0.278. The summed E-state index contributed by atoms with van der Waals surface area (Å²) >= 11 is 1.82. The van der Waals surface area contributed by atoms with Gasteiger partial charge in [0.15, 0.2) is 0 Å². The molecule has 0 radical (unpaired) electrons. The summed E-state index contributed by atoms with van der Waals surface area (Å²) in [7, 11) is 0. The molecule has 1 aromatic carbocycles. The summed E-state index contributed by atoms with van der Waals surface area (Å²) in [6.45, 7) is 3.23. The number of rotatable bonds is 6. The second kappa shape index (κ2) is 6.83. The first-order valence-corrected chi connectivity index (χ1v) is 8.36. The molecule has 0 aliphatic heterocycles. The van der Waals surface area contributed by atoms with E-state index >= 15 is 0 Å². The predicted molar refractivity (Wildman–Crippen MR) is 90.8 cm³/mol. The number of nitrogens with one attached hydrogen (secondary N) is 1. The minimum atomic E-state index is 0.321. The van der Waals surface area contributed by atoms with Crippen LogP contribution in [-0.4, -0.2) is 11.5 Å². The monoisotopic (exact) mass is 296 g/mol. The lowest BCUT2D eigenvalue weighted by atomic mass is 9.99. The number of pyridine rings is 1. The highest BCUT2D eigenvalue weighted by Crippen LogP contribution is 2.26. The first-order chi connectivity index (χ1) is 10.4. The number of aromatic nitrogens is 1. The minimum Gasteiger partial charge on any atom is -0.310 e. The first-order valence-electron chi connectivity index (χ1n) is 7.48. The zero-order valence-electron chi connectivity index (χ0n) is 12.3. The molecule has 1 atom stereocenters. The number of fused-ring (bicyclic) bond motifs is 1. The van der Waals surface area contributed by atoms with Gasteiger partial charge in [0.25, 0.3) is 0 Å². The lowest BCUT2D eigenvalue weighted by molar-refractivity contribution is 0.534. The summed E-state index contributed by atoms with van der Waals surface area (Å²) in [5.74, 6) is 0. The van der Waals surface area contributed by atoms with Gasteiger partial charge in [0, 0.05) is 28.9 Å². The molecule has 0 bridgehead atoms. The van der Waals surface area contributed by atoms with Crippen LogP contribution in [0.5, 0.6) is 0 Å². The third-order valence-electron chi connectivity index (χ3n) is 3.67. The molecule has 2 aromatic heterocycles. The molecule has 3 rings (SSSR count). The van der Waals surface area contributed by atoms with E-state index in [1.54, 1.807) is 0 Å². The van der Waals surface area contributed by atoms with Crippen LogP contribution in [0.1, 0.15) is 29.8 Å². The van der Waals surface area contributed by atoms with Crippen LogP contribution in [-0.2, 0) is 6.42 Å². The fourth-order valence-corrected chi connectivity index (χ4v) is 3.40. The molecule has 0 aliphatic rings. The highest BCUT2D eigenvalue weighted by Gasteiger charge is 2.15. The second-order valence-electron chi connectivity index (χ2n) is 5.21. The third-order valence-corrected chi connectivity index (χ3v) is 4.56. The number of benzene rings is 1. The third kappa shape index (κ3) is 3.31. The van der Waals surface area contributed by atoms with Gasteiger partial charge in [-0.05, 0) is 36.0 Å². The van der Waals surface area contributed by atoms with Gasteiger partial charge >= 0.3 is 0 Å². The van der Waals surface area contributed by atoms with E-state index in [0.29, 0.717) is 6.04 Å². The molecule has 0 saturated carbocycles. The van der Waals surface area contributed by atoms with E-state index in [9.17, 15) is 0 Å². The summed E-state index contributed by atoms with van der Waals surface area (Å²) in [5.41, 5.74) is 2.42. The average Bonchev–Trinajstić information content (AvgIpc) is 3.04. The van der Waals surface area contributed by atoms with Crippen molar-refractivity contribution in [3.63, 3.8) is 0 Å². The molecule has 0 amide bonds. The molecule has 3 heteroatoms. The molecular formula is C18H20N2S. The van der Waals surface area contributed by atoms with Gasteiger partial charge in [-0.2, -0.15) is 0 Å². The van der Waals surface area contributed by atoms with Crippen molar-refractivity contribution < 1.29 is 0 Å². The Morgan fingerprint density at radius 1 is 1.14 bits per heavy atom. The Balaban J connectivity index is 1.97. The summed E-state index contributed by atoms with van der Waals surface area (Å²) < 4.78 is 0. The Hall–Kier alpha value is -1.71. The van der Waals surface area contributed by atoms with Crippen LogP contribution in [0.4, 0.5) is 0 Å². The predicted octanol–water partition coefficient (Wildman–Crippen LogP) is 4.58. The van der Waals surface area contributed by atoms with Gasteiger partial charge in [-0.1, -0.05) is 37.3 Å². The molecule has 1 N–H and O–H groups in total. The van der Waals surface area contributed by atoms with Crippen molar-refractivity contribution in [2.24, 2.45) is 0 Å². The van der Waals surface area contributed by atoms with Crippen molar-refractivity contribution in [1.82, 2.24) is 10.3 Å². The maximum Gasteiger partial charge on any atom is 0.0749 e. The molecule has 108 valence electrons. The molecule has 21 heavy (non-hydrogen) atoms. The van der Waals surface area contributed by atoms with E-state index in [-0.39, 0.29) is 0 Å². The Kier molecular flexibility index (Phi) is 4.63. The molecular weight excluding hydrogens is 276 g/mol. The van der Waals surface area contributed by atoms with Gasteiger partial charge in [0.1, 0.15) is 0 Å². The number of para-hydroxylation sites is 1. The van der Waals surface area contributed by atoms with E-state index in [2.05, 4.69) is 59.0 Å². The van der Waals surface area contributed by atoms with Gasteiger partial charge in [-0.15, -0.1) is 11.3 Å². The quantitative estimate of drug-likeness (QED) is 0.720. The van der Waals surface area contributed by atoms with Crippen LogP contribution in [0.2, 0.25) is 0 Å².